The normalized spacial score (nSPS) is 11.5. The number of hydrogen-bond donors (Lipinski definition) is 0. The highest BCUT2D eigenvalue weighted by molar-refractivity contribution is 6.26. The van der Waals surface area contributed by atoms with Crippen LogP contribution in [0.3, 0.4) is 0 Å². The minimum atomic E-state index is 0.845. The quantitative estimate of drug-likeness (QED) is 0.150. The number of furan rings is 1. The van der Waals surface area contributed by atoms with Crippen LogP contribution in [0, 0.1) is 0 Å². The van der Waals surface area contributed by atoms with Crippen molar-refractivity contribution in [3.8, 4) is 44.5 Å². The number of nitrogens with zero attached hydrogens (tertiary/aromatic N) is 1. The second-order valence-electron chi connectivity index (χ2n) is 16.0. The molecule has 0 aliphatic heterocycles. The van der Waals surface area contributed by atoms with E-state index in [4.69, 9.17) is 4.42 Å². The first-order valence-electron chi connectivity index (χ1n) is 21.3. The van der Waals surface area contributed by atoms with E-state index in [9.17, 15) is 0 Å². The van der Waals surface area contributed by atoms with E-state index in [1.807, 2.05) is 0 Å². The third-order valence-electron chi connectivity index (χ3n) is 12.4. The molecular formula is C60H39NO. The standard InChI is InChI=1S/C60H39NO/c1-3-16-40(17-4-1)41-30-34-46(35-31-41)61(47-36-32-43(33-37-47)54-38-44-20-7-9-23-49(44)51-25-13-14-27-53(51)54)56-28-15-29-57-59(56)58-50-24-10-8-21-45(50)39-55(60(58)62-57)52-26-12-11-22-48(52)42-18-5-2-6-19-42/h1-39H. The minimum Gasteiger partial charge on any atom is -0.455 e. The molecule has 2 heteroatoms. The van der Waals surface area contributed by atoms with Crippen LogP contribution in [0.2, 0.25) is 0 Å². The minimum absolute atomic E-state index is 0.845. The van der Waals surface area contributed by atoms with Crippen molar-refractivity contribution < 1.29 is 4.42 Å². The van der Waals surface area contributed by atoms with Gasteiger partial charge in [0.2, 0.25) is 0 Å². The monoisotopic (exact) mass is 789 g/mol. The van der Waals surface area contributed by atoms with Crippen LogP contribution in [-0.4, -0.2) is 0 Å². The van der Waals surface area contributed by atoms with E-state index in [1.54, 1.807) is 0 Å². The van der Waals surface area contributed by atoms with Crippen LogP contribution in [-0.2, 0) is 0 Å². The molecule has 12 rings (SSSR count). The molecule has 0 fully saturated rings. The van der Waals surface area contributed by atoms with Gasteiger partial charge in [-0.3, -0.25) is 0 Å². The summed E-state index contributed by atoms with van der Waals surface area (Å²) in [6.45, 7) is 0. The van der Waals surface area contributed by atoms with Crippen molar-refractivity contribution in [2.24, 2.45) is 0 Å². The second kappa shape index (κ2) is 14.8. The summed E-state index contributed by atoms with van der Waals surface area (Å²) in [7, 11) is 0. The first-order valence-corrected chi connectivity index (χ1v) is 21.3. The summed E-state index contributed by atoms with van der Waals surface area (Å²) in [4.78, 5) is 2.40. The number of rotatable bonds is 7. The fraction of sp³-hybridized carbons (Fsp3) is 0. The lowest BCUT2D eigenvalue weighted by atomic mass is 9.91. The zero-order valence-corrected chi connectivity index (χ0v) is 33.9. The Kier molecular flexibility index (Phi) is 8.53. The van der Waals surface area contributed by atoms with Gasteiger partial charge < -0.3 is 9.32 Å². The van der Waals surface area contributed by atoms with E-state index in [1.165, 1.54) is 60.3 Å². The lowest BCUT2D eigenvalue weighted by Crippen LogP contribution is -2.10. The molecule has 0 N–H and O–H groups in total. The number of hydrogen-bond acceptors (Lipinski definition) is 2. The molecule has 62 heavy (non-hydrogen) atoms. The van der Waals surface area contributed by atoms with Crippen molar-refractivity contribution in [3.05, 3.63) is 237 Å². The maximum absolute atomic E-state index is 7.10. The van der Waals surface area contributed by atoms with Crippen molar-refractivity contribution in [3.63, 3.8) is 0 Å². The van der Waals surface area contributed by atoms with Crippen LogP contribution in [0.1, 0.15) is 0 Å². The van der Waals surface area contributed by atoms with Gasteiger partial charge in [0.15, 0.2) is 0 Å². The van der Waals surface area contributed by atoms with Crippen LogP contribution in [0.4, 0.5) is 17.1 Å². The largest absolute Gasteiger partial charge is 0.455 e. The van der Waals surface area contributed by atoms with Gasteiger partial charge in [-0.05, 0) is 120 Å². The zero-order chi connectivity index (χ0) is 41.0. The predicted molar refractivity (Wildman–Crippen MR) is 263 cm³/mol. The summed E-state index contributed by atoms with van der Waals surface area (Å²) in [6.07, 6.45) is 0. The van der Waals surface area contributed by atoms with Crippen molar-refractivity contribution in [2.75, 3.05) is 4.90 Å². The Balaban J connectivity index is 1.09. The van der Waals surface area contributed by atoms with Gasteiger partial charge in [0.05, 0.1) is 11.1 Å². The molecule has 0 spiro atoms. The Morgan fingerprint density at radius 3 is 1.50 bits per heavy atom. The SMILES string of the molecule is c1ccc(-c2ccc(N(c3ccc(-c4cc5ccccc5c5ccccc45)cc3)c3cccc4oc5c(-c6ccccc6-c6ccccc6)cc6ccccc6c5c34)cc2)cc1. The average molecular weight is 790 g/mol. The highest BCUT2D eigenvalue weighted by Gasteiger charge is 2.24. The van der Waals surface area contributed by atoms with Gasteiger partial charge in [-0.15, -0.1) is 0 Å². The van der Waals surface area contributed by atoms with E-state index >= 15 is 0 Å². The summed E-state index contributed by atoms with van der Waals surface area (Å²) in [6, 6.07) is 85.2. The Morgan fingerprint density at radius 2 is 0.790 bits per heavy atom. The number of anilines is 3. The predicted octanol–water partition coefficient (Wildman–Crippen LogP) is 17.2. The summed E-state index contributed by atoms with van der Waals surface area (Å²) >= 11 is 0. The van der Waals surface area contributed by atoms with Gasteiger partial charge in [-0.25, -0.2) is 0 Å². The van der Waals surface area contributed by atoms with Gasteiger partial charge in [0, 0.05) is 22.3 Å². The molecule has 0 bridgehead atoms. The van der Waals surface area contributed by atoms with E-state index in [0.717, 1.165) is 55.5 Å². The average Bonchev–Trinajstić information content (AvgIpc) is 3.76. The summed E-state index contributed by atoms with van der Waals surface area (Å²) in [5.41, 5.74) is 14.2. The molecule has 0 atom stereocenters. The Bertz CT molecular complexity index is 3610. The Morgan fingerprint density at radius 1 is 0.290 bits per heavy atom. The Hall–Kier alpha value is -8.20. The molecule has 0 aliphatic rings. The van der Waals surface area contributed by atoms with Crippen molar-refractivity contribution >= 4 is 71.3 Å². The van der Waals surface area contributed by atoms with Crippen LogP contribution >= 0.6 is 0 Å². The zero-order valence-electron chi connectivity index (χ0n) is 33.9. The van der Waals surface area contributed by atoms with E-state index < -0.39 is 0 Å². The van der Waals surface area contributed by atoms with Crippen LogP contribution < -0.4 is 4.90 Å². The molecule has 1 aromatic heterocycles. The lowest BCUT2D eigenvalue weighted by molar-refractivity contribution is 0.670. The number of benzene rings is 11. The number of fused-ring (bicyclic) bond motifs is 8. The molecule has 0 saturated heterocycles. The van der Waals surface area contributed by atoms with Crippen LogP contribution in [0.5, 0.6) is 0 Å². The first kappa shape index (κ1) is 35.7. The van der Waals surface area contributed by atoms with E-state index in [0.29, 0.717) is 0 Å². The molecule has 290 valence electrons. The fourth-order valence-electron chi connectivity index (χ4n) is 9.57. The molecular weight excluding hydrogens is 751 g/mol. The third kappa shape index (κ3) is 5.96. The molecule has 0 aliphatic carbocycles. The molecule has 0 saturated carbocycles. The maximum Gasteiger partial charge on any atom is 0.143 e. The summed E-state index contributed by atoms with van der Waals surface area (Å²) in [5.74, 6) is 0. The van der Waals surface area contributed by atoms with Crippen molar-refractivity contribution in [1.29, 1.82) is 0 Å². The van der Waals surface area contributed by atoms with Gasteiger partial charge in [0.1, 0.15) is 11.2 Å². The van der Waals surface area contributed by atoms with Gasteiger partial charge in [-0.2, -0.15) is 0 Å². The van der Waals surface area contributed by atoms with E-state index in [2.05, 4.69) is 241 Å². The third-order valence-corrected chi connectivity index (χ3v) is 12.4. The van der Waals surface area contributed by atoms with Gasteiger partial charge in [0.25, 0.3) is 0 Å². The van der Waals surface area contributed by atoms with Crippen molar-refractivity contribution in [1.82, 2.24) is 0 Å². The fourth-order valence-corrected chi connectivity index (χ4v) is 9.57. The molecule has 0 radical (unpaired) electrons. The van der Waals surface area contributed by atoms with Crippen molar-refractivity contribution in [2.45, 2.75) is 0 Å². The van der Waals surface area contributed by atoms with Crippen LogP contribution in [0.15, 0.2) is 241 Å². The molecule has 1 heterocycles. The molecule has 0 unspecified atom stereocenters. The van der Waals surface area contributed by atoms with Gasteiger partial charge in [-0.1, -0.05) is 188 Å². The molecule has 2 nitrogen and oxygen atoms in total. The first-order chi connectivity index (χ1) is 30.8. The summed E-state index contributed by atoms with van der Waals surface area (Å²) < 4.78 is 7.10. The van der Waals surface area contributed by atoms with Crippen LogP contribution in [0.25, 0.3) is 98.8 Å². The molecule has 11 aromatic carbocycles. The van der Waals surface area contributed by atoms with E-state index in [-0.39, 0.29) is 0 Å². The van der Waals surface area contributed by atoms with Gasteiger partial charge >= 0.3 is 0 Å². The second-order valence-corrected chi connectivity index (χ2v) is 16.0. The maximum atomic E-state index is 7.10. The lowest BCUT2D eigenvalue weighted by Gasteiger charge is -2.27. The smallest absolute Gasteiger partial charge is 0.143 e. The molecule has 12 aromatic rings. The highest BCUT2D eigenvalue weighted by Crippen LogP contribution is 2.49. The highest BCUT2D eigenvalue weighted by atomic mass is 16.3. The summed E-state index contributed by atoms with van der Waals surface area (Å²) in [5, 5.41) is 9.54. The topological polar surface area (TPSA) is 16.4 Å². The molecule has 0 amide bonds. The Labute approximate surface area is 360 Å².